The van der Waals surface area contributed by atoms with Crippen LogP contribution in [0.3, 0.4) is 0 Å². The molecule has 3 N–H and O–H groups in total. The Bertz CT molecular complexity index is 864. The second kappa shape index (κ2) is 5.49. The first kappa shape index (κ1) is 13.9. The maximum atomic E-state index is 12.6. The number of carbonyl (C=O) groups excluding carboxylic acids is 1. The molecule has 4 rings (SSSR count). The number of carbonyl (C=O) groups is 1. The van der Waals surface area contributed by atoms with Crippen molar-refractivity contribution in [2.45, 2.75) is 38.8 Å². The van der Waals surface area contributed by atoms with Gasteiger partial charge in [0.1, 0.15) is 12.0 Å². The molecule has 1 amide bonds. The molecule has 1 aliphatic heterocycles. The average Bonchev–Trinajstić information content (AvgIpc) is 3.20. The highest BCUT2D eigenvalue weighted by Crippen LogP contribution is 2.23. The molecular weight excluding hydrogens is 292 g/mol. The number of pyridine rings is 1. The Hall–Kier alpha value is -2.70. The summed E-state index contributed by atoms with van der Waals surface area (Å²) in [6.07, 6.45) is 6.26. The van der Waals surface area contributed by atoms with Gasteiger partial charge in [0.25, 0.3) is 11.6 Å². The number of aromatic amines is 2. The van der Waals surface area contributed by atoms with Crippen LogP contribution in [0.1, 0.15) is 47.8 Å². The Labute approximate surface area is 133 Å². The van der Waals surface area contributed by atoms with Gasteiger partial charge >= 0.3 is 0 Å². The number of aryl methyl sites for hydroxylation is 2. The third-order valence-corrected chi connectivity index (χ3v) is 4.26. The zero-order chi connectivity index (χ0) is 15.8. The fourth-order valence-electron chi connectivity index (χ4n) is 3.04. The van der Waals surface area contributed by atoms with Gasteiger partial charge < -0.3 is 5.32 Å². The third-order valence-electron chi connectivity index (χ3n) is 4.26. The topological polar surface area (TPSA) is 89.7 Å². The molecule has 1 atom stereocenters. The number of amides is 1. The Morgan fingerprint density at radius 1 is 1.57 bits per heavy atom. The summed E-state index contributed by atoms with van der Waals surface area (Å²) in [6, 6.07) is 3.74. The fourth-order valence-corrected chi connectivity index (χ4v) is 3.04. The van der Waals surface area contributed by atoms with E-state index in [0.717, 1.165) is 48.5 Å². The predicted octanol–water partition coefficient (Wildman–Crippen LogP) is 1.40. The summed E-state index contributed by atoms with van der Waals surface area (Å²) >= 11 is 0. The summed E-state index contributed by atoms with van der Waals surface area (Å²) in [5, 5.41) is 8.55. The van der Waals surface area contributed by atoms with Gasteiger partial charge in [-0.1, -0.05) is 6.92 Å². The van der Waals surface area contributed by atoms with Crippen LogP contribution in [0.5, 0.6) is 0 Å². The minimum absolute atomic E-state index is 0.0778. The summed E-state index contributed by atoms with van der Waals surface area (Å²) in [5.74, 6) is 1.61. The largest absolute Gasteiger partial charge is 0.342 e. The van der Waals surface area contributed by atoms with E-state index in [1.165, 1.54) is 0 Å². The van der Waals surface area contributed by atoms with Crippen LogP contribution in [0, 0.1) is 0 Å². The Balaban J connectivity index is 1.58. The molecular formula is C16H19N6O+. The molecule has 1 aliphatic rings. The van der Waals surface area contributed by atoms with E-state index in [1.807, 2.05) is 29.9 Å². The van der Waals surface area contributed by atoms with E-state index in [-0.39, 0.29) is 11.9 Å². The molecule has 0 spiro atoms. The SMILES string of the molecule is CCc1nc2n(n1)CCC[C@@H]2NC(=O)c1c[nH+]c2[nH]ccc2c1. The molecule has 0 saturated carbocycles. The molecule has 3 aromatic rings. The van der Waals surface area contributed by atoms with Crippen molar-refractivity contribution in [1.82, 2.24) is 25.1 Å². The fraction of sp³-hybridized carbons (Fsp3) is 0.375. The monoisotopic (exact) mass is 311 g/mol. The lowest BCUT2D eigenvalue weighted by Crippen LogP contribution is -2.33. The molecule has 0 fully saturated rings. The van der Waals surface area contributed by atoms with Gasteiger partial charge in [-0.2, -0.15) is 5.10 Å². The minimum atomic E-state index is -0.0937. The van der Waals surface area contributed by atoms with Crippen LogP contribution in [0.25, 0.3) is 11.0 Å². The van der Waals surface area contributed by atoms with Crippen LogP contribution in [0.4, 0.5) is 0 Å². The van der Waals surface area contributed by atoms with Crippen molar-refractivity contribution in [2.24, 2.45) is 0 Å². The van der Waals surface area contributed by atoms with Crippen LogP contribution in [-0.4, -0.2) is 25.7 Å². The smallest absolute Gasteiger partial charge is 0.284 e. The molecule has 0 bridgehead atoms. The van der Waals surface area contributed by atoms with Gasteiger partial charge in [-0.3, -0.25) is 4.79 Å². The second-order valence-corrected chi connectivity index (χ2v) is 5.83. The van der Waals surface area contributed by atoms with E-state index in [9.17, 15) is 4.79 Å². The number of hydrogen-bond donors (Lipinski definition) is 2. The Kier molecular flexibility index (Phi) is 3.33. The highest BCUT2D eigenvalue weighted by Gasteiger charge is 2.26. The van der Waals surface area contributed by atoms with E-state index < -0.39 is 0 Å². The first-order valence-electron chi connectivity index (χ1n) is 7.98. The molecule has 0 aliphatic carbocycles. The van der Waals surface area contributed by atoms with Crippen molar-refractivity contribution in [3.05, 3.63) is 41.7 Å². The van der Waals surface area contributed by atoms with Gasteiger partial charge in [-0.15, -0.1) is 0 Å². The third kappa shape index (κ3) is 2.48. The van der Waals surface area contributed by atoms with Crippen LogP contribution < -0.4 is 10.3 Å². The number of nitrogens with zero attached hydrogens (tertiary/aromatic N) is 3. The number of aromatic nitrogens is 5. The Morgan fingerprint density at radius 2 is 2.48 bits per heavy atom. The molecule has 0 radical (unpaired) electrons. The molecule has 7 nitrogen and oxygen atoms in total. The lowest BCUT2D eigenvalue weighted by atomic mass is 10.1. The van der Waals surface area contributed by atoms with Gasteiger partial charge in [-0.25, -0.2) is 19.6 Å². The first-order chi connectivity index (χ1) is 11.2. The Morgan fingerprint density at radius 3 is 3.35 bits per heavy atom. The van der Waals surface area contributed by atoms with E-state index in [2.05, 4.69) is 25.4 Å². The summed E-state index contributed by atoms with van der Waals surface area (Å²) in [4.78, 5) is 23.3. The maximum absolute atomic E-state index is 12.6. The van der Waals surface area contributed by atoms with Crippen molar-refractivity contribution in [2.75, 3.05) is 0 Å². The highest BCUT2D eigenvalue weighted by molar-refractivity contribution is 5.96. The highest BCUT2D eigenvalue weighted by atomic mass is 16.1. The summed E-state index contributed by atoms with van der Waals surface area (Å²) in [6.45, 7) is 2.91. The molecule has 0 unspecified atom stereocenters. The van der Waals surface area contributed by atoms with Gasteiger partial charge in [0.2, 0.25) is 0 Å². The van der Waals surface area contributed by atoms with Crippen LogP contribution in [-0.2, 0) is 13.0 Å². The van der Waals surface area contributed by atoms with Crippen molar-refractivity contribution >= 4 is 16.9 Å². The van der Waals surface area contributed by atoms with Gasteiger partial charge in [0, 0.05) is 13.0 Å². The lowest BCUT2D eigenvalue weighted by Gasteiger charge is -2.22. The maximum Gasteiger partial charge on any atom is 0.284 e. The number of fused-ring (bicyclic) bond motifs is 2. The molecule has 7 heteroatoms. The summed E-state index contributed by atoms with van der Waals surface area (Å²) in [5.41, 5.74) is 1.52. The van der Waals surface area contributed by atoms with Crippen molar-refractivity contribution < 1.29 is 9.78 Å². The van der Waals surface area contributed by atoms with Gasteiger partial charge in [0.15, 0.2) is 5.82 Å². The first-order valence-corrected chi connectivity index (χ1v) is 7.98. The van der Waals surface area contributed by atoms with Gasteiger partial charge in [-0.05, 0) is 25.0 Å². The van der Waals surface area contributed by atoms with E-state index in [4.69, 9.17) is 0 Å². The normalized spacial score (nSPS) is 17.2. The number of hydrogen-bond acceptors (Lipinski definition) is 3. The van der Waals surface area contributed by atoms with Crippen molar-refractivity contribution in [3.8, 4) is 0 Å². The van der Waals surface area contributed by atoms with Crippen LogP contribution in [0.2, 0.25) is 0 Å². The van der Waals surface area contributed by atoms with Crippen LogP contribution in [0.15, 0.2) is 24.5 Å². The number of rotatable bonds is 3. The minimum Gasteiger partial charge on any atom is -0.342 e. The summed E-state index contributed by atoms with van der Waals surface area (Å²) in [7, 11) is 0. The quantitative estimate of drug-likeness (QED) is 0.766. The van der Waals surface area contributed by atoms with Crippen molar-refractivity contribution in [1.29, 1.82) is 0 Å². The molecule has 0 aromatic carbocycles. The van der Waals surface area contributed by atoms with E-state index in [0.29, 0.717) is 5.56 Å². The average molecular weight is 311 g/mol. The van der Waals surface area contributed by atoms with Crippen LogP contribution >= 0.6 is 0 Å². The molecule has 0 saturated heterocycles. The number of H-pyrrole nitrogens is 2. The van der Waals surface area contributed by atoms with Crippen molar-refractivity contribution in [3.63, 3.8) is 0 Å². The molecule has 118 valence electrons. The predicted molar refractivity (Wildman–Crippen MR) is 83.7 cm³/mol. The molecule has 3 aromatic heterocycles. The zero-order valence-corrected chi connectivity index (χ0v) is 13.0. The van der Waals surface area contributed by atoms with E-state index in [1.54, 1.807) is 6.20 Å². The second-order valence-electron chi connectivity index (χ2n) is 5.83. The zero-order valence-electron chi connectivity index (χ0n) is 13.0. The molecule has 4 heterocycles. The van der Waals surface area contributed by atoms with Gasteiger partial charge in [0.05, 0.1) is 23.2 Å². The molecule has 23 heavy (non-hydrogen) atoms. The number of nitrogens with one attached hydrogen (secondary N) is 3. The lowest BCUT2D eigenvalue weighted by molar-refractivity contribution is -0.347. The summed E-state index contributed by atoms with van der Waals surface area (Å²) < 4.78 is 1.93. The standard InChI is InChI=1S/C16H18N6O/c1-2-13-20-15-12(4-3-7-22(15)21-13)19-16(23)11-8-10-5-6-17-14(10)18-9-11/h5-6,8-9,12H,2-4,7H2,1H3,(H,17,18)(H,19,23)/p+1/t12-/m0/s1. The van der Waals surface area contributed by atoms with E-state index >= 15 is 0 Å².